The lowest BCUT2D eigenvalue weighted by atomic mass is 9.95. The SMILES string of the molecule is C=Cc1cccc(N2C(=O)C=CC2=O)c1OC(C)=O.c1cc2ccc1-2. The van der Waals surface area contributed by atoms with Crippen LogP contribution in [0.3, 0.4) is 0 Å². The van der Waals surface area contributed by atoms with Crippen molar-refractivity contribution in [3.63, 3.8) is 0 Å². The van der Waals surface area contributed by atoms with E-state index in [1.54, 1.807) is 12.1 Å². The van der Waals surface area contributed by atoms with Crippen LogP contribution < -0.4 is 9.64 Å². The van der Waals surface area contributed by atoms with Crippen molar-refractivity contribution in [1.29, 1.82) is 0 Å². The van der Waals surface area contributed by atoms with Crippen LogP contribution in [0.4, 0.5) is 5.69 Å². The van der Waals surface area contributed by atoms with Gasteiger partial charge < -0.3 is 4.74 Å². The number of anilines is 1. The third kappa shape index (κ3) is 3.12. The van der Waals surface area contributed by atoms with Crippen LogP contribution in [0.1, 0.15) is 12.5 Å². The van der Waals surface area contributed by atoms with Crippen LogP contribution in [0.15, 0.2) is 61.2 Å². The quantitative estimate of drug-likeness (QED) is 0.419. The molecular weight excluding hydrogens is 318 g/mol. The molecule has 1 heterocycles. The number of carbonyl (C=O) groups is 3. The Morgan fingerprint density at radius 1 is 1.00 bits per heavy atom. The lowest BCUT2D eigenvalue weighted by Gasteiger charge is -2.18. The van der Waals surface area contributed by atoms with Crippen LogP contribution >= 0.6 is 0 Å². The van der Waals surface area contributed by atoms with Gasteiger partial charge in [0.05, 0.1) is 5.69 Å². The molecule has 3 aliphatic rings. The van der Waals surface area contributed by atoms with Crippen molar-refractivity contribution in [2.24, 2.45) is 0 Å². The first-order valence-electron chi connectivity index (χ1n) is 7.61. The molecule has 124 valence electrons. The second-order valence-corrected chi connectivity index (χ2v) is 5.42. The van der Waals surface area contributed by atoms with Gasteiger partial charge in [0.25, 0.3) is 11.8 Å². The van der Waals surface area contributed by atoms with Gasteiger partial charge in [0.15, 0.2) is 5.75 Å². The zero-order chi connectivity index (χ0) is 18.0. The lowest BCUT2D eigenvalue weighted by Crippen LogP contribution is -2.30. The average molecular weight is 333 g/mol. The number of esters is 1. The smallest absolute Gasteiger partial charge is 0.308 e. The number of rotatable bonds is 3. The fraction of sp³-hybridized carbons (Fsp3) is 0.0500. The molecule has 0 N–H and O–H groups in total. The first-order valence-corrected chi connectivity index (χ1v) is 7.61. The third-order valence-electron chi connectivity index (χ3n) is 3.76. The second kappa shape index (κ2) is 6.57. The molecule has 0 unspecified atom stereocenters. The predicted octanol–water partition coefficient (Wildman–Crippen LogP) is 3.35. The Balaban J connectivity index is 0.000000250. The molecule has 0 fully saturated rings. The van der Waals surface area contributed by atoms with Gasteiger partial charge in [-0.15, -0.1) is 0 Å². The van der Waals surface area contributed by atoms with Crippen LogP contribution in [0.5, 0.6) is 5.75 Å². The van der Waals surface area contributed by atoms with Crippen LogP contribution in [0.25, 0.3) is 17.2 Å². The first kappa shape index (κ1) is 16.4. The van der Waals surface area contributed by atoms with E-state index in [1.165, 1.54) is 42.3 Å². The molecule has 1 aliphatic heterocycles. The number of fused-ring (bicyclic) bond motifs is 1. The van der Waals surface area contributed by atoms with Crippen LogP contribution in [0, 0.1) is 0 Å². The largest absolute Gasteiger partial charge is 0.424 e. The molecule has 0 aromatic heterocycles. The second-order valence-electron chi connectivity index (χ2n) is 5.42. The number of nitrogens with zero attached hydrogens (tertiary/aromatic N) is 1. The van der Waals surface area contributed by atoms with Crippen LogP contribution in [0.2, 0.25) is 0 Å². The van der Waals surface area contributed by atoms with Crippen molar-refractivity contribution in [3.8, 4) is 16.9 Å². The van der Waals surface area contributed by atoms with Gasteiger partial charge in [-0.1, -0.05) is 49.1 Å². The van der Waals surface area contributed by atoms with Gasteiger partial charge in [0.2, 0.25) is 0 Å². The highest BCUT2D eigenvalue weighted by Gasteiger charge is 2.29. The molecule has 5 heteroatoms. The fourth-order valence-electron chi connectivity index (χ4n) is 2.43. The summed E-state index contributed by atoms with van der Waals surface area (Å²) in [7, 11) is 0. The molecule has 0 atom stereocenters. The van der Waals surface area contributed by atoms with Gasteiger partial charge in [-0.25, -0.2) is 4.90 Å². The minimum atomic E-state index is -0.539. The number of para-hydroxylation sites is 1. The van der Waals surface area contributed by atoms with E-state index in [4.69, 9.17) is 4.74 Å². The van der Waals surface area contributed by atoms with E-state index in [-0.39, 0.29) is 11.4 Å². The summed E-state index contributed by atoms with van der Waals surface area (Å²) in [5.74, 6) is -1.34. The molecule has 2 amide bonds. The Morgan fingerprint density at radius 2 is 1.56 bits per heavy atom. The first-order chi connectivity index (χ1) is 12.0. The van der Waals surface area contributed by atoms with E-state index in [9.17, 15) is 14.4 Å². The molecular formula is C20H15NO4. The van der Waals surface area contributed by atoms with Crippen molar-refractivity contribution < 1.29 is 19.1 Å². The van der Waals surface area contributed by atoms with Crippen molar-refractivity contribution >= 4 is 29.5 Å². The van der Waals surface area contributed by atoms with Gasteiger partial charge in [-0.2, -0.15) is 0 Å². The maximum absolute atomic E-state index is 11.7. The number of ether oxygens (including phenoxy) is 1. The average Bonchev–Trinajstić information content (AvgIpc) is 2.90. The summed E-state index contributed by atoms with van der Waals surface area (Å²) < 4.78 is 5.09. The predicted molar refractivity (Wildman–Crippen MR) is 94.9 cm³/mol. The monoisotopic (exact) mass is 333 g/mol. The maximum Gasteiger partial charge on any atom is 0.308 e. The molecule has 0 bridgehead atoms. The zero-order valence-corrected chi connectivity index (χ0v) is 13.6. The van der Waals surface area contributed by atoms with Crippen LogP contribution in [-0.4, -0.2) is 17.8 Å². The molecule has 0 saturated heterocycles. The highest BCUT2D eigenvalue weighted by molar-refractivity contribution is 6.28. The minimum absolute atomic E-state index is 0.149. The van der Waals surface area contributed by atoms with Gasteiger partial charge in [-0.05, 0) is 17.2 Å². The zero-order valence-electron chi connectivity index (χ0n) is 13.6. The van der Waals surface area contributed by atoms with Gasteiger partial charge in [0, 0.05) is 24.6 Å². The van der Waals surface area contributed by atoms with E-state index in [0.717, 1.165) is 4.90 Å². The molecule has 0 radical (unpaired) electrons. The van der Waals surface area contributed by atoms with Gasteiger partial charge >= 0.3 is 5.97 Å². The molecule has 1 aromatic carbocycles. The van der Waals surface area contributed by atoms with E-state index in [0.29, 0.717) is 5.56 Å². The van der Waals surface area contributed by atoms with Crippen LogP contribution in [-0.2, 0) is 14.4 Å². The fourth-order valence-corrected chi connectivity index (χ4v) is 2.43. The molecule has 5 nitrogen and oxygen atoms in total. The normalized spacial score (nSPS) is 13.2. The minimum Gasteiger partial charge on any atom is -0.424 e. The summed E-state index contributed by atoms with van der Waals surface area (Å²) >= 11 is 0. The van der Waals surface area contributed by atoms with E-state index < -0.39 is 17.8 Å². The molecule has 0 saturated carbocycles. The summed E-state index contributed by atoms with van der Waals surface area (Å²) in [6, 6.07) is 13.3. The Bertz CT molecular complexity index is 871. The number of imide groups is 1. The number of carbonyl (C=O) groups excluding carboxylic acids is 3. The third-order valence-corrected chi connectivity index (χ3v) is 3.76. The number of amides is 2. The maximum atomic E-state index is 11.7. The Morgan fingerprint density at radius 3 is 1.96 bits per heavy atom. The van der Waals surface area contributed by atoms with Crippen molar-refractivity contribution in [2.75, 3.05) is 4.90 Å². The van der Waals surface area contributed by atoms with Crippen molar-refractivity contribution in [2.45, 2.75) is 6.92 Å². The molecule has 2 aliphatic carbocycles. The van der Waals surface area contributed by atoms with Gasteiger partial charge in [-0.3, -0.25) is 14.4 Å². The molecule has 25 heavy (non-hydrogen) atoms. The summed E-state index contributed by atoms with van der Waals surface area (Å²) in [6.07, 6.45) is 3.82. The Hall–Kier alpha value is -3.47. The molecule has 1 aromatic rings. The summed E-state index contributed by atoms with van der Waals surface area (Å²) in [5, 5.41) is 0. The van der Waals surface area contributed by atoms with Crippen molar-refractivity contribution in [3.05, 3.63) is 66.8 Å². The summed E-state index contributed by atoms with van der Waals surface area (Å²) in [5.41, 5.74) is 3.61. The highest BCUT2D eigenvalue weighted by atomic mass is 16.5. The van der Waals surface area contributed by atoms with Gasteiger partial charge in [0.1, 0.15) is 0 Å². The highest BCUT2D eigenvalue weighted by Crippen LogP contribution is 2.34. The van der Waals surface area contributed by atoms with E-state index in [2.05, 4.69) is 30.8 Å². The molecule has 0 spiro atoms. The Kier molecular flexibility index (Phi) is 4.31. The van der Waals surface area contributed by atoms with Crippen molar-refractivity contribution in [1.82, 2.24) is 0 Å². The van der Waals surface area contributed by atoms with E-state index in [1.807, 2.05) is 0 Å². The molecule has 4 rings (SSSR count). The standard InChI is InChI=1S/C14H11NO4.C6H4/c1-3-10-5-4-6-11(14(10)19-9(2)16)15-12(17)7-8-13(15)18;1-2-6-4-3-5(1)6/h3-8H,1H2,2H3;1-4H. The summed E-state index contributed by atoms with van der Waals surface area (Å²) in [6.45, 7) is 4.85. The summed E-state index contributed by atoms with van der Waals surface area (Å²) in [4.78, 5) is 35.5. The topological polar surface area (TPSA) is 63.7 Å². The number of hydrogen-bond acceptors (Lipinski definition) is 4. The Labute approximate surface area is 144 Å². The number of benzene rings is 2. The number of hydrogen-bond donors (Lipinski definition) is 0. The van der Waals surface area contributed by atoms with E-state index >= 15 is 0 Å². The lowest BCUT2D eigenvalue weighted by molar-refractivity contribution is -0.132.